The first-order valence-corrected chi connectivity index (χ1v) is 5.32. The molecule has 3 nitrogen and oxygen atoms in total. The van der Waals surface area contributed by atoms with Crippen LogP contribution in [0.1, 0.15) is 25.7 Å². The molecule has 0 saturated heterocycles. The lowest BCUT2D eigenvalue weighted by Gasteiger charge is -2.14. The summed E-state index contributed by atoms with van der Waals surface area (Å²) in [6, 6.07) is 0.879. The van der Waals surface area contributed by atoms with Crippen LogP contribution in [0.4, 0.5) is 0 Å². The number of rotatable bonds is 8. The molecule has 0 heterocycles. The van der Waals surface area contributed by atoms with Gasteiger partial charge in [0.2, 0.25) is 0 Å². The number of hydrogen-bond acceptors (Lipinski definition) is 3. The second-order valence-corrected chi connectivity index (χ2v) is 3.82. The Bertz CT molecular complexity index is 126. The molecule has 1 aliphatic rings. The maximum absolute atomic E-state index is 5.42. The van der Waals surface area contributed by atoms with Crippen molar-refractivity contribution in [1.29, 1.82) is 0 Å². The first kappa shape index (κ1) is 11.0. The minimum Gasteiger partial charge on any atom is -0.381 e. The second kappa shape index (κ2) is 6.35. The zero-order valence-electron chi connectivity index (χ0n) is 8.67. The number of nitrogens with two attached hydrogens (primary N) is 1. The molecule has 0 bridgehead atoms. The summed E-state index contributed by atoms with van der Waals surface area (Å²) in [6.07, 6.45) is 4.92. The van der Waals surface area contributed by atoms with Crippen molar-refractivity contribution in [3.05, 3.63) is 0 Å². The van der Waals surface area contributed by atoms with Crippen molar-refractivity contribution < 1.29 is 4.74 Å². The second-order valence-electron chi connectivity index (χ2n) is 3.82. The number of ether oxygens (including phenoxy) is 1. The van der Waals surface area contributed by atoms with Gasteiger partial charge in [-0.1, -0.05) is 0 Å². The predicted molar refractivity (Wildman–Crippen MR) is 54.8 cm³/mol. The Labute approximate surface area is 81.2 Å². The van der Waals surface area contributed by atoms with Crippen molar-refractivity contribution >= 4 is 0 Å². The maximum Gasteiger partial charge on any atom is 0.0478 e. The largest absolute Gasteiger partial charge is 0.381 e. The van der Waals surface area contributed by atoms with Crippen LogP contribution in [0.25, 0.3) is 0 Å². The Morgan fingerprint density at radius 2 is 2.00 bits per heavy atom. The van der Waals surface area contributed by atoms with Crippen LogP contribution in [0.2, 0.25) is 0 Å². The van der Waals surface area contributed by atoms with E-state index in [1.54, 1.807) is 0 Å². The molecule has 0 spiro atoms. The normalized spacial score (nSPS) is 16.8. The van der Waals surface area contributed by atoms with Crippen LogP contribution in [0.15, 0.2) is 0 Å². The molecule has 1 aliphatic carbocycles. The van der Waals surface area contributed by atoms with Crippen LogP contribution in [-0.4, -0.2) is 44.3 Å². The quantitative estimate of drug-likeness (QED) is 0.571. The van der Waals surface area contributed by atoms with E-state index in [1.165, 1.54) is 19.4 Å². The molecule has 0 aromatic heterocycles. The van der Waals surface area contributed by atoms with Crippen LogP contribution in [0.5, 0.6) is 0 Å². The maximum atomic E-state index is 5.42. The zero-order valence-corrected chi connectivity index (χ0v) is 8.67. The molecule has 13 heavy (non-hydrogen) atoms. The Morgan fingerprint density at radius 1 is 1.31 bits per heavy atom. The molecule has 0 aromatic carbocycles. The number of hydrogen-bond donors (Lipinski definition) is 1. The van der Waals surface area contributed by atoms with E-state index in [9.17, 15) is 0 Å². The van der Waals surface area contributed by atoms with E-state index in [1.807, 2.05) is 0 Å². The average Bonchev–Trinajstić information content (AvgIpc) is 2.93. The van der Waals surface area contributed by atoms with Gasteiger partial charge in [-0.25, -0.2) is 0 Å². The molecule has 0 unspecified atom stereocenters. The highest BCUT2D eigenvalue weighted by atomic mass is 16.5. The zero-order chi connectivity index (χ0) is 9.52. The molecule has 1 fully saturated rings. The molecule has 0 radical (unpaired) electrons. The molecule has 0 aromatic rings. The Hall–Kier alpha value is -0.120. The lowest BCUT2D eigenvalue weighted by Crippen LogP contribution is -2.23. The van der Waals surface area contributed by atoms with Gasteiger partial charge >= 0.3 is 0 Å². The molecular weight excluding hydrogens is 164 g/mol. The average molecular weight is 186 g/mol. The summed E-state index contributed by atoms with van der Waals surface area (Å²) < 4.78 is 5.42. The highest BCUT2D eigenvalue weighted by molar-refractivity contribution is 4.81. The Kier molecular flexibility index (Phi) is 5.35. The third-order valence-corrected chi connectivity index (χ3v) is 2.46. The molecule has 2 N–H and O–H groups in total. The van der Waals surface area contributed by atoms with Crippen molar-refractivity contribution in [3.8, 4) is 0 Å². The molecule has 0 atom stereocenters. The first-order chi connectivity index (χ1) is 6.34. The van der Waals surface area contributed by atoms with E-state index in [0.29, 0.717) is 0 Å². The molecule has 0 aliphatic heterocycles. The van der Waals surface area contributed by atoms with Gasteiger partial charge in [-0.3, -0.25) is 0 Å². The fraction of sp³-hybridized carbons (Fsp3) is 1.00. The van der Waals surface area contributed by atoms with Crippen LogP contribution in [-0.2, 0) is 4.74 Å². The number of nitrogens with zero attached hydrogens (tertiary/aromatic N) is 1. The standard InChI is InChI=1S/C10H22N2O/c1-12(10-4-5-10)7-3-9-13-8-2-6-11/h10H,2-9,11H2,1H3. The van der Waals surface area contributed by atoms with Crippen LogP contribution >= 0.6 is 0 Å². The van der Waals surface area contributed by atoms with Gasteiger partial charge in [0.25, 0.3) is 0 Å². The third kappa shape index (κ3) is 5.24. The van der Waals surface area contributed by atoms with Gasteiger partial charge in [-0.2, -0.15) is 0 Å². The molecule has 78 valence electrons. The summed E-state index contributed by atoms with van der Waals surface area (Å²) in [5, 5.41) is 0. The summed E-state index contributed by atoms with van der Waals surface area (Å²) in [4.78, 5) is 2.44. The van der Waals surface area contributed by atoms with Crippen molar-refractivity contribution in [2.24, 2.45) is 5.73 Å². The van der Waals surface area contributed by atoms with Crippen molar-refractivity contribution in [2.75, 3.05) is 33.4 Å². The Balaban J connectivity index is 1.77. The fourth-order valence-corrected chi connectivity index (χ4v) is 1.40. The summed E-state index contributed by atoms with van der Waals surface area (Å²) in [5.74, 6) is 0. The molecular formula is C10H22N2O. The van der Waals surface area contributed by atoms with Crippen molar-refractivity contribution in [2.45, 2.75) is 31.7 Å². The first-order valence-electron chi connectivity index (χ1n) is 5.32. The van der Waals surface area contributed by atoms with Gasteiger partial charge in [-0.15, -0.1) is 0 Å². The van der Waals surface area contributed by atoms with Crippen molar-refractivity contribution in [3.63, 3.8) is 0 Å². The van der Waals surface area contributed by atoms with E-state index in [-0.39, 0.29) is 0 Å². The summed E-state index contributed by atoms with van der Waals surface area (Å²) in [7, 11) is 2.21. The topological polar surface area (TPSA) is 38.5 Å². The van der Waals surface area contributed by atoms with E-state index in [0.717, 1.165) is 38.6 Å². The van der Waals surface area contributed by atoms with E-state index in [4.69, 9.17) is 10.5 Å². The monoisotopic (exact) mass is 186 g/mol. The van der Waals surface area contributed by atoms with Gasteiger partial charge in [0, 0.05) is 25.8 Å². The van der Waals surface area contributed by atoms with Crippen LogP contribution in [0.3, 0.4) is 0 Å². The van der Waals surface area contributed by atoms with Gasteiger partial charge in [0.05, 0.1) is 0 Å². The van der Waals surface area contributed by atoms with Gasteiger partial charge < -0.3 is 15.4 Å². The van der Waals surface area contributed by atoms with Crippen molar-refractivity contribution in [1.82, 2.24) is 4.90 Å². The third-order valence-electron chi connectivity index (χ3n) is 2.46. The smallest absolute Gasteiger partial charge is 0.0478 e. The minimum absolute atomic E-state index is 0.738. The molecule has 3 heteroatoms. The highest BCUT2D eigenvalue weighted by Gasteiger charge is 2.25. The highest BCUT2D eigenvalue weighted by Crippen LogP contribution is 2.25. The lowest BCUT2D eigenvalue weighted by atomic mass is 10.4. The van der Waals surface area contributed by atoms with Crippen LogP contribution in [0, 0.1) is 0 Å². The Morgan fingerprint density at radius 3 is 2.62 bits per heavy atom. The SMILES string of the molecule is CN(CCCOCCCN)C1CC1. The summed E-state index contributed by atoms with van der Waals surface area (Å²) >= 11 is 0. The van der Waals surface area contributed by atoms with Crippen LogP contribution < -0.4 is 5.73 Å². The van der Waals surface area contributed by atoms with E-state index < -0.39 is 0 Å². The predicted octanol–water partition coefficient (Wildman–Crippen LogP) is 0.836. The fourth-order valence-electron chi connectivity index (χ4n) is 1.40. The summed E-state index contributed by atoms with van der Waals surface area (Å²) in [6.45, 7) is 3.62. The van der Waals surface area contributed by atoms with Gasteiger partial charge in [0.1, 0.15) is 0 Å². The minimum atomic E-state index is 0.738. The molecule has 0 amide bonds. The van der Waals surface area contributed by atoms with E-state index in [2.05, 4.69) is 11.9 Å². The van der Waals surface area contributed by atoms with E-state index >= 15 is 0 Å². The molecule has 1 saturated carbocycles. The molecule has 1 rings (SSSR count). The van der Waals surface area contributed by atoms with Gasteiger partial charge in [0.15, 0.2) is 0 Å². The summed E-state index contributed by atoms with van der Waals surface area (Å²) in [5.41, 5.74) is 5.35. The lowest BCUT2D eigenvalue weighted by molar-refractivity contribution is 0.122. The van der Waals surface area contributed by atoms with Gasteiger partial charge in [-0.05, 0) is 39.3 Å².